The number of aromatic amines is 2. The second kappa shape index (κ2) is 18.1. The first-order valence-electron chi connectivity index (χ1n) is 23.1. The number of rotatable bonds is 8. The Labute approximate surface area is 430 Å². The smallest absolute Gasteiger partial charge is 0.244 e. The summed E-state index contributed by atoms with van der Waals surface area (Å²) in [5.41, 5.74) is 6.05. The van der Waals surface area contributed by atoms with Crippen molar-refractivity contribution in [3.05, 3.63) is 170 Å². The Morgan fingerprint density at radius 3 is 0.958 bits per heavy atom. The first-order chi connectivity index (χ1) is 35.2. The van der Waals surface area contributed by atoms with Crippen molar-refractivity contribution in [2.24, 2.45) is 28.2 Å². The highest BCUT2D eigenvalue weighted by Crippen LogP contribution is 2.42. The van der Waals surface area contributed by atoms with Gasteiger partial charge in [-0.1, -0.05) is 0 Å². The Bertz CT molecular complexity index is 3940. The van der Waals surface area contributed by atoms with E-state index in [9.17, 15) is 0 Å². The number of aryl methyl sites for hydroxylation is 4. The van der Waals surface area contributed by atoms with Gasteiger partial charge in [-0.15, -0.1) is 0 Å². The van der Waals surface area contributed by atoms with Crippen molar-refractivity contribution in [3.8, 4) is 45.6 Å². The molecule has 72 heavy (non-hydrogen) atoms. The van der Waals surface area contributed by atoms with Gasteiger partial charge in [-0.2, -0.15) is 18.3 Å². The van der Waals surface area contributed by atoms with Gasteiger partial charge in [0.25, 0.3) is 0 Å². The summed E-state index contributed by atoms with van der Waals surface area (Å²) in [5, 5.41) is 8.05. The number of hydrogen-bond acceptors (Lipinski definition) is 10. The first-order valence-corrected chi connectivity index (χ1v) is 26.4. The van der Waals surface area contributed by atoms with E-state index in [0.29, 0.717) is 45.9 Å². The van der Waals surface area contributed by atoms with Crippen molar-refractivity contribution in [2.45, 2.75) is 39.7 Å². The molecule has 2 N–H and O–H groups in total. The quantitative estimate of drug-likeness (QED) is 0.142. The van der Waals surface area contributed by atoms with Crippen molar-refractivity contribution in [1.82, 2.24) is 39.9 Å². The van der Waals surface area contributed by atoms with E-state index in [0.717, 1.165) is 83.5 Å². The number of pyridine rings is 4. The van der Waals surface area contributed by atoms with E-state index in [1.165, 1.54) is 0 Å². The monoisotopic (exact) mass is 1010 g/mol. The molecule has 0 unspecified atom stereocenters. The fourth-order valence-electron chi connectivity index (χ4n) is 8.90. The lowest BCUT2D eigenvalue weighted by molar-refractivity contribution is -0.708. The van der Waals surface area contributed by atoms with E-state index < -0.39 is 0 Å². The summed E-state index contributed by atoms with van der Waals surface area (Å²) in [6.45, 7) is 0. The van der Waals surface area contributed by atoms with Crippen LogP contribution in [0.4, 0.5) is 0 Å². The third-order valence-corrected chi connectivity index (χ3v) is 17.1. The molecule has 2 aliphatic heterocycles. The second-order valence-corrected chi connectivity index (χ2v) is 21.8. The van der Waals surface area contributed by atoms with Gasteiger partial charge in [-0.05, 0) is 144 Å². The van der Waals surface area contributed by atoms with Crippen LogP contribution < -0.4 is 18.3 Å². The normalized spacial score (nSPS) is 11.8. The standard InChI is InChI=1S/C56H42N12S4/c1-65-25-9-5-13-45(65)69-33-17-21-37-41(29-33)53-57-49(37)62-54-43-31-35(71-47-15-7-11-27-67(47)3)19-23-39(43)51(59-54)64-56-44-32-36(72-48-16-8-12-28-68(48)4)20-24-40(44)52(60-56)63-55-42-30-34(18-22-38(42)50(58-55)61-53)70-46-14-6-10-26-66(46)2/h5-32H,1-4H3,(H2,57,58,59,60,61,62,63,64)/q+4. The maximum atomic E-state index is 5.40. The van der Waals surface area contributed by atoms with Crippen molar-refractivity contribution < 1.29 is 18.3 Å². The molecule has 0 aliphatic carbocycles. The Balaban J connectivity index is 1.08. The van der Waals surface area contributed by atoms with Gasteiger partial charge in [0.2, 0.25) is 20.1 Å². The van der Waals surface area contributed by atoms with Gasteiger partial charge >= 0.3 is 0 Å². The number of benzene rings is 4. The minimum Gasteiger partial charge on any atom is -0.324 e. The topological polar surface area (TPSA) is 124 Å². The van der Waals surface area contributed by atoms with E-state index in [2.05, 4.69) is 203 Å². The van der Waals surface area contributed by atoms with Gasteiger partial charge in [-0.25, -0.2) is 29.9 Å². The average Bonchev–Trinajstić information content (AvgIpc) is 4.12. The number of fused-ring (bicyclic) bond motifs is 20. The van der Waals surface area contributed by atoms with E-state index in [1.54, 1.807) is 47.0 Å². The van der Waals surface area contributed by atoms with Crippen molar-refractivity contribution >= 4 is 91.2 Å². The third-order valence-electron chi connectivity index (χ3n) is 12.6. The van der Waals surface area contributed by atoms with Crippen LogP contribution in [-0.4, -0.2) is 39.9 Å². The molecule has 13 rings (SSSR count). The van der Waals surface area contributed by atoms with Crippen LogP contribution in [0.2, 0.25) is 0 Å². The van der Waals surface area contributed by atoms with Crippen LogP contribution in [0.3, 0.4) is 0 Å². The zero-order chi connectivity index (χ0) is 48.5. The van der Waals surface area contributed by atoms with Crippen LogP contribution in [0.1, 0.15) is 0 Å². The molecule has 16 heteroatoms. The molecule has 2 aliphatic rings. The predicted octanol–water partition coefficient (Wildman–Crippen LogP) is 10.8. The Morgan fingerprint density at radius 1 is 0.306 bits per heavy atom. The summed E-state index contributed by atoms with van der Waals surface area (Å²) in [7, 11) is 8.24. The lowest BCUT2D eigenvalue weighted by Gasteiger charge is -2.04. The molecule has 11 aromatic rings. The molecule has 0 radical (unpaired) electrons. The van der Waals surface area contributed by atoms with Gasteiger partial charge < -0.3 is 9.97 Å². The summed E-state index contributed by atoms with van der Waals surface area (Å²) < 4.78 is 8.49. The van der Waals surface area contributed by atoms with Crippen LogP contribution in [0, 0.1) is 0 Å². The minimum atomic E-state index is 0.546. The van der Waals surface area contributed by atoms with Crippen LogP contribution in [0.25, 0.3) is 89.7 Å². The van der Waals surface area contributed by atoms with Crippen LogP contribution in [-0.2, 0) is 28.2 Å². The highest BCUT2D eigenvalue weighted by atomic mass is 32.2. The van der Waals surface area contributed by atoms with Crippen molar-refractivity contribution in [2.75, 3.05) is 0 Å². The fourth-order valence-corrected chi connectivity index (χ4v) is 12.5. The van der Waals surface area contributed by atoms with E-state index >= 15 is 0 Å². The van der Waals surface area contributed by atoms with Gasteiger partial charge in [0.15, 0.2) is 48.1 Å². The molecular formula is C56H42N12S4+4. The summed E-state index contributed by atoms with van der Waals surface area (Å²) in [5.74, 6) is 2.18. The minimum absolute atomic E-state index is 0.546. The molecule has 9 heterocycles. The van der Waals surface area contributed by atoms with Gasteiger partial charge in [0.05, 0.1) is 0 Å². The molecule has 0 spiro atoms. The first kappa shape index (κ1) is 44.2. The van der Waals surface area contributed by atoms with E-state index in [4.69, 9.17) is 29.9 Å². The van der Waals surface area contributed by atoms with Gasteiger partial charge in [0.1, 0.15) is 50.8 Å². The third kappa shape index (κ3) is 8.25. The van der Waals surface area contributed by atoms with Crippen LogP contribution in [0.15, 0.2) is 210 Å². The van der Waals surface area contributed by atoms with Crippen molar-refractivity contribution in [3.63, 3.8) is 0 Å². The largest absolute Gasteiger partial charge is 0.324 e. The summed E-state index contributed by atoms with van der Waals surface area (Å²) >= 11 is 6.77. The zero-order valence-electron chi connectivity index (χ0n) is 39.3. The summed E-state index contributed by atoms with van der Waals surface area (Å²) in [6.07, 6.45) is 8.24. The number of nitrogens with zero attached hydrogens (tertiary/aromatic N) is 10. The van der Waals surface area contributed by atoms with Gasteiger partial charge in [0, 0.05) is 112 Å². The summed E-state index contributed by atoms with van der Waals surface area (Å²) in [6, 6.07) is 50.6. The van der Waals surface area contributed by atoms with E-state index in [1.807, 2.05) is 24.3 Å². The number of aromatic nitrogens is 12. The number of hydrogen-bond donors (Lipinski definition) is 2. The lowest BCUT2D eigenvalue weighted by Crippen LogP contribution is -2.29. The zero-order valence-corrected chi connectivity index (χ0v) is 42.5. The number of H-pyrrole nitrogens is 2. The SMILES string of the molecule is C[n+]1ccccc1Sc1ccc2c(c1)-c1nc-2nc2[nH]c(nc3nc(nc4[nH]c(n1)c1ccc(Sc5cccc[n+]5C)cc41)-c1ccc(Sc4cccc[n+]4C)cc1-3)c1ccc(Sc3cccc[n+]3C)cc21. The number of nitrogens with one attached hydrogen (secondary N) is 2. The molecule has 0 amide bonds. The molecule has 7 aromatic heterocycles. The summed E-state index contributed by atoms with van der Waals surface area (Å²) in [4.78, 5) is 43.7. The van der Waals surface area contributed by atoms with Crippen LogP contribution in [0.5, 0.6) is 0 Å². The highest BCUT2D eigenvalue weighted by molar-refractivity contribution is 7.99. The Hall–Kier alpha value is -7.76. The Morgan fingerprint density at radius 2 is 0.611 bits per heavy atom. The van der Waals surface area contributed by atoms with E-state index in [-0.39, 0.29) is 0 Å². The molecule has 12 nitrogen and oxygen atoms in total. The molecule has 346 valence electrons. The second-order valence-electron chi connectivity index (χ2n) is 17.4. The van der Waals surface area contributed by atoms with Crippen molar-refractivity contribution in [1.29, 1.82) is 0 Å². The Kier molecular flexibility index (Phi) is 11.1. The fraction of sp³-hybridized carbons (Fsp3) is 0.0714. The predicted molar refractivity (Wildman–Crippen MR) is 283 cm³/mol. The molecule has 0 saturated carbocycles. The molecule has 0 saturated heterocycles. The molecule has 4 aromatic carbocycles. The molecule has 0 atom stereocenters. The maximum absolute atomic E-state index is 5.40. The lowest BCUT2D eigenvalue weighted by atomic mass is 10.1. The van der Waals surface area contributed by atoms with Gasteiger partial charge in [-0.3, -0.25) is 0 Å². The average molecular weight is 1010 g/mol. The molecule has 0 fully saturated rings. The molecular weight excluding hydrogens is 969 g/mol. The maximum Gasteiger partial charge on any atom is 0.244 e. The highest BCUT2D eigenvalue weighted by Gasteiger charge is 2.25. The van der Waals surface area contributed by atoms with Crippen LogP contribution >= 0.6 is 47.0 Å². The molecule has 8 bridgehead atoms.